The van der Waals surface area contributed by atoms with E-state index in [0.717, 1.165) is 13.0 Å². The van der Waals surface area contributed by atoms with Crippen LogP contribution in [0.25, 0.3) is 0 Å². The van der Waals surface area contributed by atoms with E-state index in [1.54, 1.807) is 0 Å². The van der Waals surface area contributed by atoms with Gasteiger partial charge in [-0.25, -0.2) is 9.48 Å². The Balaban J connectivity index is 1.09. The topological polar surface area (TPSA) is 183 Å². The van der Waals surface area contributed by atoms with Gasteiger partial charge in [0.2, 0.25) is 11.8 Å². The summed E-state index contributed by atoms with van der Waals surface area (Å²) in [7, 11) is 0. The summed E-state index contributed by atoms with van der Waals surface area (Å²) in [5, 5.41) is 37.5. The average molecular weight is 589 g/mol. The fourth-order valence-electron chi connectivity index (χ4n) is 7.57. The molecule has 5 aliphatic heterocycles. The Labute approximate surface area is 241 Å². The number of likely N-dealkylation sites (tertiary alicyclic amines) is 1. The maximum Gasteiger partial charge on any atom is 0.353 e. The molecule has 14 nitrogen and oxygen atoms in total. The van der Waals surface area contributed by atoms with Crippen LogP contribution < -0.4 is 10.6 Å². The van der Waals surface area contributed by atoms with E-state index in [1.807, 2.05) is 18.7 Å². The lowest BCUT2D eigenvalue weighted by molar-refractivity contribution is -0.160. The summed E-state index contributed by atoms with van der Waals surface area (Å²) in [4.78, 5) is 55.4. The number of carbonyl (C=O) groups is 4. The number of tetrazole rings is 1. The van der Waals surface area contributed by atoms with Crippen molar-refractivity contribution in [3.8, 4) is 0 Å². The molecule has 4 saturated heterocycles. The molecular weight excluding hydrogens is 552 g/mol. The highest BCUT2D eigenvalue weighted by atomic mass is 32.2. The fraction of sp³-hybridized carbons (Fsp3) is 0.731. The normalized spacial score (nSPS) is 35.0. The Hall–Kier alpha value is -2.88. The predicted octanol–water partition coefficient (Wildman–Crippen LogP) is -1.31. The highest BCUT2D eigenvalue weighted by molar-refractivity contribution is 8.03. The Morgan fingerprint density at radius 3 is 2.80 bits per heavy atom. The number of hydrogen-bond acceptors (Lipinski definition) is 11. The largest absolute Gasteiger partial charge is 0.477 e. The Bertz CT molecular complexity index is 1270. The minimum absolute atomic E-state index is 0.00544. The summed E-state index contributed by atoms with van der Waals surface area (Å²) in [6.07, 6.45) is 3.02. The number of rotatable bonds is 10. The molecule has 3 unspecified atom stereocenters. The van der Waals surface area contributed by atoms with Gasteiger partial charge in [-0.05, 0) is 41.6 Å². The number of amides is 2. The van der Waals surface area contributed by atoms with Crippen molar-refractivity contribution in [1.29, 1.82) is 0 Å². The smallest absolute Gasteiger partial charge is 0.353 e. The van der Waals surface area contributed by atoms with Gasteiger partial charge in [-0.15, -0.1) is 16.9 Å². The van der Waals surface area contributed by atoms with Crippen LogP contribution >= 0.6 is 11.8 Å². The number of carboxylic acid groups (broad SMARTS) is 1. The molecule has 222 valence electrons. The molecule has 4 N–H and O–H groups in total. The minimum Gasteiger partial charge on any atom is -0.477 e. The molecule has 0 bridgehead atoms. The van der Waals surface area contributed by atoms with Gasteiger partial charge in [-0.3, -0.25) is 14.4 Å². The van der Waals surface area contributed by atoms with Crippen LogP contribution in [-0.4, -0.2) is 119 Å². The molecule has 0 radical (unpaired) electrons. The highest BCUT2D eigenvalue weighted by Gasteiger charge is 2.60. The number of β-lactam (4-membered cyclic amide) rings is 1. The summed E-state index contributed by atoms with van der Waals surface area (Å²) >= 11 is 1.45. The number of aliphatic hydroxyl groups is 1. The molecule has 5 aliphatic rings. The summed E-state index contributed by atoms with van der Waals surface area (Å²) in [6, 6.07) is -0.685. The van der Waals surface area contributed by atoms with Gasteiger partial charge in [0.05, 0.1) is 30.1 Å². The van der Waals surface area contributed by atoms with Crippen molar-refractivity contribution in [1.82, 2.24) is 40.6 Å². The van der Waals surface area contributed by atoms with Gasteiger partial charge in [-0.2, -0.15) is 0 Å². The molecule has 1 aromatic heterocycles. The SMILES string of the molecule is CC1C(S[C@@H]2CN[C@H](C(=O)N3CC4CCNC4(CO)C3)C2)=C(C(=O)O)N2C(=O)[C@H]([C@@H](C)CC(=O)Cn3cnnn3)[C@@H]12. The molecule has 41 heavy (non-hydrogen) atoms. The minimum atomic E-state index is -1.14. The second kappa shape index (κ2) is 10.7. The number of aromatic nitrogens is 4. The number of thioether (sulfide) groups is 1. The Morgan fingerprint density at radius 2 is 2.12 bits per heavy atom. The number of nitrogens with one attached hydrogen (secondary N) is 2. The summed E-state index contributed by atoms with van der Waals surface area (Å²) in [5.41, 5.74) is -0.381. The van der Waals surface area contributed by atoms with Crippen molar-refractivity contribution >= 4 is 35.3 Å². The van der Waals surface area contributed by atoms with Crippen molar-refractivity contribution < 1.29 is 29.4 Å². The van der Waals surface area contributed by atoms with Gasteiger partial charge in [0.15, 0.2) is 5.78 Å². The van der Waals surface area contributed by atoms with Crippen LogP contribution in [0.15, 0.2) is 16.9 Å². The zero-order chi connectivity index (χ0) is 29.1. The fourth-order valence-corrected chi connectivity index (χ4v) is 9.05. The van der Waals surface area contributed by atoms with E-state index in [-0.39, 0.29) is 78.0 Å². The van der Waals surface area contributed by atoms with Crippen LogP contribution in [0, 0.1) is 23.7 Å². The molecule has 6 heterocycles. The lowest BCUT2D eigenvalue weighted by Gasteiger charge is -2.47. The number of carbonyl (C=O) groups excluding carboxylic acids is 3. The first kappa shape index (κ1) is 28.2. The third kappa shape index (κ3) is 4.76. The number of aliphatic hydroxyl groups excluding tert-OH is 1. The maximum absolute atomic E-state index is 13.4. The van der Waals surface area contributed by atoms with Crippen molar-refractivity contribution in [2.45, 2.75) is 62.5 Å². The van der Waals surface area contributed by atoms with Crippen LogP contribution in [0.3, 0.4) is 0 Å². The maximum atomic E-state index is 13.4. The van der Waals surface area contributed by atoms with E-state index in [0.29, 0.717) is 31.0 Å². The quantitative estimate of drug-likeness (QED) is 0.237. The van der Waals surface area contributed by atoms with Crippen molar-refractivity contribution in [2.75, 3.05) is 32.8 Å². The number of fused-ring (bicyclic) bond motifs is 2. The van der Waals surface area contributed by atoms with Crippen LogP contribution in [0.1, 0.15) is 33.1 Å². The van der Waals surface area contributed by atoms with Gasteiger partial charge in [0.1, 0.15) is 18.6 Å². The van der Waals surface area contributed by atoms with E-state index < -0.39 is 17.4 Å². The molecule has 8 atom stereocenters. The summed E-state index contributed by atoms with van der Waals surface area (Å²) in [5.74, 6) is -2.15. The number of Topliss-reactive ketones (excluding diaryl/α,β-unsaturated/α-hetero) is 1. The molecular formula is C26H36N8O6S. The van der Waals surface area contributed by atoms with Gasteiger partial charge in [0, 0.05) is 42.1 Å². The standard InChI is InChI=1S/C26H36N8O6S/c1-13(5-16(36)9-33-12-29-30-31-33)19-20-14(2)22(21(25(39)40)34(20)24(19)38)41-17-6-18(27-7-17)23(37)32-8-15-3-4-28-26(15,10-32)11-35/h12-15,17-20,27-28,35H,3-11H2,1-2H3,(H,39,40)/t13-,14?,15?,17-,18-,19+,20+,26?/m0/s1. The molecule has 2 amide bonds. The second-order valence-electron chi connectivity index (χ2n) is 12.1. The first-order valence-electron chi connectivity index (χ1n) is 14.2. The van der Waals surface area contributed by atoms with E-state index in [4.69, 9.17) is 0 Å². The first-order chi connectivity index (χ1) is 19.6. The molecule has 4 fully saturated rings. The van der Waals surface area contributed by atoms with E-state index >= 15 is 0 Å². The molecule has 1 aromatic rings. The van der Waals surface area contributed by atoms with Gasteiger partial charge >= 0.3 is 5.97 Å². The third-order valence-electron chi connectivity index (χ3n) is 9.63. The van der Waals surface area contributed by atoms with E-state index in [9.17, 15) is 29.4 Å². The van der Waals surface area contributed by atoms with Gasteiger partial charge in [-0.1, -0.05) is 13.8 Å². The first-order valence-corrected chi connectivity index (χ1v) is 15.1. The zero-order valence-electron chi connectivity index (χ0n) is 23.1. The third-order valence-corrected chi connectivity index (χ3v) is 11.1. The average Bonchev–Trinajstić information content (AvgIpc) is 3.73. The lowest BCUT2D eigenvalue weighted by Crippen LogP contribution is -2.62. The van der Waals surface area contributed by atoms with Gasteiger partial charge in [0.25, 0.3) is 0 Å². The van der Waals surface area contributed by atoms with Crippen LogP contribution in [0.4, 0.5) is 0 Å². The Kier molecular flexibility index (Phi) is 7.41. The van der Waals surface area contributed by atoms with Crippen LogP contribution in [0.2, 0.25) is 0 Å². The molecule has 0 spiro atoms. The predicted molar refractivity (Wildman–Crippen MR) is 145 cm³/mol. The van der Waals surface area contributed by atoms with Crippen LogP contribution in [-0.2, 0) is 25.7 Å². The molecule has 6 rings (SSSR count). The molecule has 0 aromatic carbocycles. The van der Waals surface area contributed by atoms with Crippen molar-refractivity contribution in [2.24, 2.45) is 23.7 Å². The number of aliphatic carboxylic acids is 1. The van der Waals surface area contributed by atoms with Gasteiger partial charge < -0.3 is 30.6 Å². The summed E-state index contributed by atoms with van der Waals surface area (Å²) < 4.78 is 1.34. The second-order valence-corrected chi connectivity index (χ2v) is 13.5. The van der Waals surface area contributed by atoms with Crippen molar-refractivity contribution in [3.63, 3.8) is 0 Å². The number of ketones is 1. The van der Waals surface area contributed by atoms with Crippen molar-refractivity contribution in [3.05, 3.63) is 16.9 Å². The lowest BCUT2D eigenvalue weighted by atomic mass is 9.73. The van der Waals surface area contributed by atoms with E-state index in [1.165, 1.54) is 27.7 Å². The van der Waals surface area contributed by atoms with E-state index in [2.05, 4.69) is 26.2 Å². The Morgan fingerprint density at radius 1 is 1.32 bits per heavy atom. The molecule has 15 heteroatoms. The number of nitrogens with zero attached hydrogens (tertiary/aromatic N) is 6. The monoisotopic (exact) mass is 588 g/mol. The number of carboxylic acids is 1. The zero-order valence-corrected chi connectivity index (χ0v) is 23.9. The highest BCUT2D eigenvalue weighted by Crippen LogP contribution is 2.53. The summed E-state index contributed by atoms with van der Waals surface area (Å²) in [6.45, 7) is 6.35. The number of hydrogen-bond donors (Lipinski definition) is 4. The van der Waals surface area contributed by atoms with Crippen LogP contribution in [0.5, 0.6) is 0 Å². The molecule has 0 saturated carbocycles. The molecule has 0 aliphatic carbocycles.